The second-order valence-electron chi connectivity index (χ2n) is 7.78. The van der Waals surface area contributed by atoms with Crippen molar-refractivity contribution in [3.05, 3.63) is 83.4 Å². The summed E-state index contributed by atoms with van der Waals surface area (Å²) < 4.78 is 16.2. The SMILES string of the molecule is COc1cccc(C(N)[C@@H](C(=O)O)C(=O)OCC2c3ccccc3-c3ccccc32)c1OC. The highest BCUT2D eigenvalue weighted by Crippen LogP contribution is 2.44. The predicted octanol–water partition coefficient (Wildman–Crippen LogP) is 3.76. The molecule has 0 bridgehead atoms. The molecule has 1 aliphatic carbocycles. The Morgan fingerprint density at radius 1 is 0.909 bits per heavy atom. The smallest absolute Gasteiger partial charge is 0.322 e. The van der Waals surface area contributed by atoms with Crippen molar-refractivity contribution in [1.82, 2.24) is 0 Å². The number of benzene rings is 3. The maximum Gasteiger partial charge on any atom is 0.322 e. The molecule has 0 spiro atoms. The van der Waals surface area contributed by atoms with Gasteiger partial charge in [-0.3, -0.25) is 9.59 Å². The molecule has 0 fully saturated rings. The predicted molar refractivity (Wildman–Crippen MR) is 122 cm³/mol. The van der Waals surface area contributed by atoms with Gasteiger partial charge < -0.3 is 25.1 Å². The Kier molecular flexibility index (Phi) is 6.33. The maximum absolute atomic E-state index is 13.0. The fourth-order valence-electron chi connectivity index (χ4n) is 4.45. The number of carbonyl (C=O) groups excluding carboxylic acids is 1. The Hall–Kier alpha value is -3.84. The number of methoxy groups -OCH3 is 2. The van der Waals surface area contributed by atoms with E-state index < -0.39 is 23.9 Å². The monoisotopic (exact) mass is 447 g/mol. The van der Waals surface area contributed by atoms with Crippen LogP contribution in [-0.4, -0.2) is 37.9 Å². The number of carboxylic acid groups (broad SMARTS) is 1. The van der Waals surface area contributed by atoms with Crippen LogP contribution >= 0.6 is 0 Å². The summed E-state index contributed by atoms with van der Waals surface area (Å²) in [6, 6.07) is 19.6. The second-order valence-corrected chi connectivity index (χ2v) is 7.78. The van der Waals surface area contributed by atoms with Crippen molar-refractivity contribution < 1.29 is 28.9 Å². The number of carbonyl (C=O) groups is 2. The molecule has 170 valence electrons. The molecule has 3 aromatic rings. The molecular weight excluding hydrogens is 422 g/mol. The molecular formula is C26H25NO6. The molecule has 3 aromatic carbocycles. The summed E-state index contributed by atoms with van der Waals surface area (Å²) in [6.45, 7) is 0.0125. The van der Waals surface area contributed by atoms with Gasteiger partial charge in [0.15, 0.2) is 17.4 Å². The van der Waals surface area contributed by atoms with E-state index in [-0.39, 0.29) is 18.3 Å². The van der Waals surface area contributed by atoms with E-state index in [2.05, 4.69) is 0 Å². The van der Waals surface area contributed by atoms with E-state index in [4.69, 9.17) is 19.9 Å². The van der Waals surface area contributed by atoms with Gasteiger partial charge in [0.1, 0.15) is 6.61 Å². The Balaban J connectivity index is 1.58. The summed E-state index contributed by atoms with van der Waals surface area (Å²) in [6.07, 6.45) is 0. The summed E-state index contributed by atoms with van der Waals surface area (Å²) in [5.41, 5.74) is 10.9. The van der Waals surface area contributed by atoms with Crippen molar-refractivity contribution in [3.63, 3.8) is 0 Å². The summed E-state index contributed by atoms with van der Waals surface area (Å²) in [5.74, 6) is -3.39. The Morgan fingerprint density at radius 2 is 1.52 bits per heavy atom. The van der Waals surface area contributed by atoms with Crippen LogP contribution in [0.5, 0.6) is 11.5 Å². The number of hydrogen-bond donors (Lipinski definition) is 2. The molecule has 3 N–H and O–H groups in total. The molecule has 2 atom stereocenters. The lowest BCUT2D eigenvalue weighted by Gasteiger charge is -2.23. The average Bonchev–Trinajstić information content (AvgIpc) is 3.15. The number of carboxylic acids is 1. The third-order valence-corrected chi connectivity index (χ3v) is 6.03. The van der Waals surface area contributed by atoms with Gasteiger partial charge in [-0.05, 0) is 28.3 Å². The van der Waals surface area contributed by atoms with E-state index >= 15 is 0 Å². The van der Waals surface area contributed by atoms with Crippen LogP contribution in [0, 0.1) is 5.92 Å². The van der Waals surface area contributed by atoms with Crippen molar-refractivity contribution in [2.24, 2.45) is 11.7 Å². The van der Waals surface area contributed by atoms with E-state index in [1.54, 1.807) is 18.2 Å². The number of nitrogens with two attached hydrogens (primary N) is 1. The fourth-order valence-corrected chi connectivity index (χ4v) is 4.45. The zero-order valence-electron chi connectivity index (χ0n) is 18.4. The van der Waals surface area contributed by atoms with Gasteiger partial charge in [-0.15, -0.1) is 0 Å². The van der Waals surface area contributed by atoms with E-state index in [9.17, 15) is 14.7 Å². The standard InChI is InChI=1S/C26H25NO6/c1-31-21-13-7-12-19(24(21)32-2)23(27)22(25(28)29)26(30)33-14-20-17-10-5-3-8-15(17)16-9-4-6-11-18(16)20/h3-13,20,22-23H,14,27H2,1-2H3,(H,28,29)/t22-,23?/m0/s1. The van der Waals surface area contributed by atoms with Crippen LogP contribution in [0.25, 0.3) is 11.1 Å². The average molecular weight is 447 g/mol. The van der Waals surface area contributed by atoms with Gasteiger partial charge in [0.05, 0.1) is 20.3 Å². The first-order valence-corrected chi connectivity index (χ1v) is 10.5. The maximum atomic E-state index is 13.0. The number of rotatable bonds is 8. The van der Waals surface area contributed by atoms with Crippen LogP contribution in [0.3, 0.4) is 0 Å². The number of ether oxygens (including phenoxy) is 3. The lowest BCUT2D eigenvalue weighted by molar-refractivity contribution is -0.160. The molecule has 4 rings (SSSR count). The normalized spacial score (nSPS) is 14.0. The molecule has 0 aliphatic heterocycles. The molecule has 0 aromatic heterocycles. The fraction of sp³-hybridized carbons (Fsp3) is 0.231. The zero-order valence-corrected chi connectivity index (χ0v) is 18.4. The van der Waals surface area contributed by atoms with Crippen LogP contribution in [0.15, 0.2) is 66.7 Å². The van der Waals surface area contributed by atoms with Crippen molar-refractivity contribution in [1.29, 1.82) is 0 Å². The number of para-hydroxylation sites is 1. The molecule has 7 heteroatoms. The third-order valence-electron chi connectivity index (χ3n) is 6.03. The third kappa shape index (κ3) is 4.03. The van der Waals surface area contributed by atoms with E-state index in [1.807, 2.05) is 48.5 Å². The van der Waals surface area contributed by atoms with Gasteiger partial charge in [0.2, 0.25) is 0 Å². The van der Waals surface area contributed by atoms with Crippen molar-refractivity contribution in [2.45, 2.75) is 12.0 Å². The molecule has 0 saturated heterocycles. The number of fused-ring (bicyclic) bond motifs is 3. The number of aliphatic carboxylic acids is 1. The minimum absolute atomic E-state index is 0.0125. The highest BCUT2D eigenvalue weighted by Gasteiger charge is 2.38. The second kappa shape index (κ2) is 9.34. The van der Waals surface area contributed by atoms with E-state index in [0.29, 0.717) is 11.3 Å². The van der Waals surface area contributed by atoms with E-state index in [0.717, 1.165) is 22.3 Å². The van der Waals surface area contributed by atoms with Crippen LogP contribution in [0.1, 0.15) is 28.7 Å². The quantitative estimate of drug-likeness (QED) is 0.400. The van der Waals surface area contributed by atoms with Crippen molar-refractivity contribution >= 4 is 11.9 Å². The van der Waals surface area contributed by atoms with Gasteiger partial charge in [-0.1, -0.05) is 60.7 Å². The highest BCUT2D eigenvalue weighted by atomic mass is 16.5. The Bertz CT molecular complexity index is 1150. The molecule has 0 radical (unpaired) electrons. The van der Waals surface area contributed by atoms with E-state index in [1.165, 1.54) is 14.2 Å². The molecule has 0 saturated carbocycles. The minimum atomic E-state index is -1.61. The van der Waals surface area contributed by atoms with Crippen LogP contribution < -0.4 is 15.2 Å². The lowest BCUT2D eigenvalue weighted by Crippen LogP contribution is -2.36. The van der Waals surface area contributed by atoms with Crippen LogP contribution in [0.4, 0.5) is 0 Å². The van der Waals surface area contributed by atoms with Crippen molar-refractivity contribution in [3.8, 4) is 22.6 Å². The van der Waals surface area contributed by atoms with Gasteiger partial charge in [-0.25, -0.2) is 0 Å². The first-order valence-electron chi connectivity index (χ1n) is 10.5. The Morgan fingerprint density at radius 3 is 2.06 bits per heavy atom. The zero-order chi connectivity index (χ0) is 23.5. The summed E-state index contributed by atoms with van der Waals surface area (Å²) in [5, 5.41) is 9.82. The molecule has 7 nitrogen and oxygen atoms in total. The molecule has 1 unspecified atom stereocenters. The molecule has 33 heavy (non-hydrogen) atoms. The van der Waals surface area contributed by atoms with Crippen molar-refractivity contribution in [2.75, 3.05) is 20.8 Å². The van der Waals surface area contributed by atoms with Crippen LogP contribution in [0.2, 0.25) is 0 Å². The molecule has 0 heterocycles. The lowest BCUT2D eigenvalue weighted by atomic mass is 9.92. The van der Waals surface area contributed by atoms with Gasteiger partial charge in [0.25, 0.3) is 0 Å². The Labute approximate surface area is 191 Å². The topological polar surface area (TPSA) is 108 Å². The highest BCUT2D eigenvalue weighted by molar-refractivity contribution is 5.95. The number of hydrogen-bond acceptors (Lipinski definition) is 6. The largest absolute Gasteiger partial charge is 0.493 e. The summed E-state index contributed by atoms with van der Waals surface area (Å²) in [4.78, 5) is 25.0. The van der Waals surface area contributed by atoms with Gasteiger partial charge in [0, 0.05) is 11.5 Å². The van der Waals surface area contributed by atoms with Crippen LogP contribution in [-0.2, 0) is 14.3 Å². The number of esters is 1. The molecule has 1 aliphatic rings. The van der Waals surface area contributed by atoms with Gasteiger partial charge in [-0.2, -0.15) is 0 Å². The summed E-state index contributed by atoms with van der Waals surface area (Å²) in [7, 11) is 2.89. The first kappa shape index (κ1) is 22.4. The summed E-state index contributed by atoms with van der Waals surface area (Å²) >= 11 is 0. The minimum Gasteiger partial charge on any atom is -0.493 e. The van der Waals surface area contributed by atoms with Gasteiger partial charge >= 0.3 is 11.9 Å². The first-order chi connectivity index (χ1) is 16.0. The molecule has 0 amide bonds.